The molecule has 184 valence electrons. The number of nitrogens with zero attached hydrogens (tertiary/aromatic N) is 2. The lowest BCUT2D eigenvalue weighted by Crippen LogP contribution is -2.40. The first-order valence-corrected chi connectivity index (χ1v) is 11.4. The van der Waals surface area contributed by atoms with E-state index in [2.05, 4.69) is 12.1 Å². The van der Waals surface area contributed by atoms with Crippen molar-refractivity contribution in [2.45, 2.75) is 19.3 Å². The molecule has 8 heteroatoms. The van der Waals surface area contributed by atoms with E-state index in [0.29, 0.717) is 49.2 Å². The maximum absolute atomic E-state index is 13.4. The lowest BCUT2D eigenvalue weighted by molar-refractivity contribution is -0.136. The Bertz CT molecular complexity index is 940. The zero-order valence-corrected chi connectivity index (χ0v) is 20.4. The van der Waals surface area contributed by atoms with E-state index in [0.717, 1.165) is 12.8 Å². The first-order chi connectivity index (χ1) is 16.5. The van der Waals surface area contributed by atoms with Gasteiger partial charge in [-0.3, -0.25) is 9.59 Å². The van der Waals surface area contributed by atoms with Gasteiger partial charge in [-0.15, -0.1) is 0 Å². The van der Waals surface area contributed by atoms with E-state index >= 15 is 0 Å². The van der Waals surface area contributed by atoms with Crippen molar-refractivity contribution in [3.05, 3.63) is 48.0 Å². The molecule has 0 bridgehead atoms. The summed E-state index contributed by atoms with van der Waals surface area (Å²) in [5.74, 6) is 0.832. The van der Waals surface area contributed by atoms with Crippen molar-refractivity contribution in [3.8, 4) is 17.2 Å². The molecule has 2 amide bonds. The van der Waals surface area contributed by atoms with E-state index < -0.39 is 5.92 Å². The molecule has 0 aromatic heterocycles. The third kappa shape index (κ3) is 5.99. The minimum absolute atomic E-state index is 0.0200. The molecule has 1 fully saturated rings. The van der Waals surface area contributed by atoms with E-state index in [1.807, 2.05) is 23.1 Å². The van der Waals surface area contributed by atoms with Gasteiger partial charge in [0, 0.05) is 45.3 Å². The molecule has 8 nitrogen and oxygen atoms in total. The number of aryl methyl sites for hydroxylation is 1. The first kappa shape index (κ1) is 25.4. The second-order valence-electron chi connectivity index (χ2n) is 8.20. The Morgan fingerprint density at radius 2 is 1.68 bits per heavy atom. The first-order valence-electron chi connectivity index (χ1n) is 11.4. The molecule has 3 rings (SSSR count). The van der Waals surface area contributed by atoms with Crippen molar-refractivity contribution in [1.82, 2.24) is 4.90 Å². The maximum Gasteiger partial charge on any atom is 0.228 e. The van der Waals surface area contributed by atoms with Crippen LogP contribution in [0, 0.1) is 5.92 Å². The van der Waals surface area contributed by atoms with Crippen LogP contribution in [0.1, 0.15) is 18.4 Å². The van der Waals surface area contributed by atoms with Gasteiger partial charge < -0.3 is 28.7 Å². The van der Waals surface area contributed by atoms with Gasteiger partial charge in [0.2, 0.25) is 17.6 Å². The Hall–Kier alpha value is -3.26. The number of rotatable bonds is 12. The highest BCUT2D eigenvalue weighted by Crippen LogP contribution is 2.42. The number of ether oxygens (including phenoxy) is 4. The smallest absolute Gasteiger partial charge is 0.228 e. The zero-order chi connectivity index (χ0) is 24.5. The van der Waals surface area contributed by atoms with Crippen molar-refractivity contribution in [1.29, 1.82) is 0 Å². The fourth-order valence-corrected chi connectivity index (χ4v) is 4.26. The summed E-state index contributed by atoms with van der Waals surface area (Å²) in [4.78, 5) is 29.7. The minimum atomic E-state index is -0.417. The van der Waals surface area contributed by atoms with Crippen LogP contribution >= 0.6 is 0 Å². The average Bonchev–Trinajstić information content (AvgIpc) is 3.26. The van der Waals surface area contributed by atoms with E-state index in [9.17, 15) is 9.59 Å². The zero-order valence-electron chi connectivity index (χ0n) is 20.4. The van der Waals surface area contributed by atoms with Gasteiger partial charge in [0.1, 0.15) is 0 Å². The summed E-state index contributed by atoms with van der Waals surface area (Å²) in [7, 11) is 6.21. The summed E-state index contributed by atoms with van der Waals surface area (Å²) >= 11 is 0. The number of anilines is 1. The molecule has 1 aliphatic heterocycles. The molecule has 0 aliphatic carbocycles. The summed E-state index contributed by atoms with van der Waals surface area (Å²) in [5, 5.41) is 0. The molecule has 2 aromatic carbocycles. The van der Waals surface area contributed by atoms with Crippen LogP contribution in [-0.4, -0.2) is 71.4 Å². The maximum atomic E-state index is 13.4. The molecular weight excluding hydrogens is 436 g/mol. The summed E-state index contributed by atoms with van der Waals surface area (Å²) < 4.78 is 21.4. The van der Waals surface area contributed by atoms with Crippen molar-refractivity contribution in [2.24, 2.45) is 5.92 Å². The molecular formula is C26H34N2O6. The predicted molar refractivity (Wildman–Crippen MR) is 130 cm³/mol. The van der Waals surface area contributed by atoms with E-state index in [1.54, 1.807) is 24.1 Å². The lowest BCUT2D eigenvalue weighted by atomic mass is 10.1. The molecule has 1 saturated heterocycles. The molecule has 2 aromatic rings. The van der Waals surface area contributed by atoms with Crippen LogP contribution in [0.5, 0.6) is 17.2 Å². The van der Waals surface area contributed by atoms with Crippen LogP contribution in [-0.2, 0) is 20.7 Å². The van der Waals surface area contributed by atoms with Gasteiger partial charge >= 0.3 is 0 Å². The van der Waals surface area contributed by atoms with Gasteiger partial charge in [-0.1, -0.05) is 30.3 Å². The van der Waals surface area contributed by atoms with Crippen LogP contribution in [0.3, 0.4) is 0 Å². The van der Waals surface area contributed by atoms with Gasteiger partial charge in [-0.05, 0) is 18.4 Å². The highest BCUT2D eigenvalue weighted by atomic mass is 16.5. The molecule has 0 saturated carbocycles. The molecule has 1 unspecified atom stereocenters. The summed E-state index contributed by atoms with van der Waals surface area (Å²) in [6.07, 6.45) is 1.90. The monoisotopic (exact) mass is 470 g/mol. The highest BCUT2D eigenvalue weighted by Gasteiger charge is 2.37. The Balaban J connectivity index is 1.71. The molecule has 0 N–H and O–H groups in total. The Morgan fingerprint density at radius 1 is 1.00 bits per heavy atom. The van der Waals surface area contributed by atoms with Crippen molar-refractivity contribution >= 4 is 17.5 Å². The summed E-state index contributed by atoms with van der Waals surface area (Å²) in [6.45, 7) is 1.87. The highest BCUT2D eigenvalue weighted by molar-refractivity contribution is 6.00. The average molecular weight is 471 g/mol. The number of amides is 2. The minimum Gasteiger partial charge on any atom is -0.493 e. The topological polar surface area (TPSA) is 77.5 Å². The Morgan fingerprint density at radius 3 is 2.26 bits per heavy atom. The fourth-order valence-electron chi connectivity index (χ4n) is 4.26. The van der Waals surface area contributed by atoms with Crippen molar-refractivity contribution < 1.29 is 28.5 Å². The number of carbonyl (C=O) groups is 2. The van der Waals surface area contributed by atoms with Gasteiger partial charge in [0.15, 0.2) is 11.5 Å². The summed E-state index contributed by atoms with van der Waals surface area (Å²) in [6, 6.07) is 13.7. The second kappa shape index (κ2) is 12.3. The molecule has 0 radical (unpaired) electrons. The Kier molecular flexibility index (Phi) is 9.16. The van der Waals surface area contributed by atoms with Crippen LogP contribution < -0.4 is 19.1 Å². The van der Waals surface area contributed by atoms with Crippen LogP contribution in [0.15, 0.2) is 42.5 Å². The number of carbonyl (C=O) groups excluding carboxylic acids is 2. The van der Waals surface area contributed by atoms with Gasteiger partial charge in [-0.25, -0.2) is 0 Å². The third-order valence-corrected chi connectivity index (χ3v) is 6.05. The number of hydrogen-bond acceptors (Lipinski definition) is 6. The SMILES string of the molecule is COCCN(CCCc1ccccc1)C(=O)C1CC(=O)N(c2cc(OC)c(OC)c(OC)c2)C1. The van der Waals surface area contributed by atoms with Crippen molar-refractivity contribution in [3.63, 3.8) is 0 Å². The largest absolute Gasteiger partial charge is 0.493 e. The van der Waals surface area contributed by atoms with Gasteiger partial charge in [0.05, 0.1) is 39.5 Å². The number of benzene rings is 2. The predicted octanol–water partition coefficient (Wildman–Crippen LogP) is 3.17. The van der Waals surface area contributed by atoms with Gasteiger partial charge in [-0.2, -0.15) is 0 Å². The number of methoxy groups -OCH3 is 4. The second-order valence-corrected chi connectivity index (χ2v) is 8.20. The summed E-state index contributed by atoms with van der Waals surface area (Å²) in [5.41, 5.74) is 1.86. The van der Waals surface area contributed by atoms with Gasteiger partial charge in [0.25, 0.3) is 0 Å². The molecule has 1 atom stereocenters. The fraction of sp³-hybridized carbons (Fsp3) is 0.462. The van der Waals surface area contributed by atoms with Crippen molar-refractivity contribution in [2.75, 3.05) is 59.6 Å². The standard InChI is InChI=1S/C26H34N2O6/c1-31-14-13-27(12-8-11-19-9-6-5-7-10-19)26(30)20-15-24(29)28(18-20)21-16-22(32-2)25(34-4)23(17-21)33-3/h5-7,9-10,16-17,20H,8,11-15,18H2,1-4H3. The molecule has 34 heavy (non-hydrogen) atoms. The van der Waals surface area contributed by atoms with E-state index in [-0.39, 0.29) is 18.2 Å². The van der Waals surface area contributed by atoms with E-state index in [4.69, 9.17) is 18.9 Å². The van der Waals surface area contributed by atoms with Crippen LogP contribution in [0.4, 0.5) is 5.69 Å². The van der Waals surface area contributed by atoms with E-state index in [1.165, 1.54) is 26.9 Å². The lowest BCUT2D eigenvalue weighted by Gasteiger charge is -2.26. The molecule has 1 aliphatic rings. The molecule has 1 heterocycles. The van der Waals surface area contributed by atoms with Crippen LogP contribution in [0.2, 0.25) is 0 Å². The third-order valence-electron chi connectivity index (χ3n) is 6.05. The number of hydrogen-bond donors (Lipinski definition) is 0. The normalized spacial score (nSPS) is 15.4. The quantitative estimate of drug-likeness (QED) is 0.474. The van der Waals surface area contributed by atoms with Crippen LogP contribution in [0.25, 0.3) is 0 Å². The molecule has 0 spiro atoms. The Labute approximate surface area is 201 Å².